The first-order valence-electron chi connectivity index (χ1n) is 5.57. The second-order valence-electron chi connectivity index (χ2n) is 4.24. The summed E-state index contributed by atoms with van der Waals surface area (Å²) in [5.74, 6) is 1.68. The molecule has 0 amide bonds. The van der Waals surface area contributed by atoms with Crippen molar-refractivity contribution in [1.82, 2.24) is 24.7 Å². The van der Waals surface area contributed by atoms with Crippen LogP contribution in [0.4, 0.5) is 5.82 Å². The van der Waals surface area contributed by atoms with Gasteiger partial charge < -0.3 is 5.73 Å². The Morgan fingerprint density at radius 1 is 1.50 bits per heavy atom. The van der Waals surface area contributed by atoms with Gasteiger partial charge in [0, 0.05) is 19.0 Å². The maximum atomic E-state index is 11.3. The Hall–Kier alpha value is -1.83. The Kier molecular flexibility index (Phi) is 2.58. The average Bonchev–Trinajstić information content (AvgIpc) is 3.12. The van der Waals surface area contributed by atoms with E-state index < -0.39 is 0 Å². The Morgan fingerprint density at radius 2 is 2.28 bits per heavy atom. The van der Waals surface area contributed by atoms with Crippen LogP contribution in [0.2, 0.25) is 0 Å². The number of nitrogens with two attached hydrogens (primary N) is 1. The van der Waals surface area contributed by atoms with Gasteiger partial charge in [0.1, 0.15) is 16.7 Å². The number of nitrogens with zero attached hydrogens (tertiary/aromatic N) is 4. The zero-order valence-corrected chi connectivity index (χ0v) is 10.6. The lowest BCUT2D eigenvalue weighted by Crippen LogP contribution is -2.12. The maximum Gasteiger partial charge on any atom is 0.343 e. The summed E-state index contributed by atoms with van der Waals surface area (Å²) in [6.45, 7) is 0. The first kappa shape index (κ1) is 11.3. The van der Waals surface area contributed by atoms with Gasteiger partial charge in [0.2, 0.25) is 0 Å². The third kappa shape index (κ3) is 2.10. The summed E-state index contributed by atoms with van der Waals surface area (Å²) in [4.78, 5) is 19.9. The first-order valence-corrected chi connectivity index (χ1v) is 6.39. The van der Waals surface area contributed by atoms with E-state index in [1.54, 1.807) is 13.1 Å². The standard InChI is InChI=1S/C10H12N6OS/c1-16-9(17)14-15-10(16)18-7-4-6(11)12-8(13-7)5-2-3-5/h4-5H,2-3H2,1H3,(H,14,17)(H2,11,12,13). The third-order valence-electron chi connectivity index (χ3n) is 2.72. The molecule has 0 radical (unpaired) electrons. The van der Waals surface area contributed by atoms with Crippen LogP contribution >= 0.6 is 11.8 Å². The summed E-state index contributed by atoms with van der Waals surface area (Å²) in [6.07, 6.45) is 2.24. The lowest BCUT2D eigenvalue weighted by Gasteiger charge is -2.03. The first-order chi connectivity index (χ1) is 8.63. The van der Waals surface area contributed by atoms with E-state index in [0.717, 1.165) is 18.7 Å². The Morgan fingerprint density at radius 3 is 2.89 bits per heavy atom. The van der Waals surface area contributed by atoms with Gasteiger partial charge >= 0.3 is 5.69 Å². The van der Waals surface area contributed by atoms with E-state index in [4.69, 9.17) is 5.73 Å². The smallest absolute Gasteiger partial charge is 0.343 e. The van der Waals surface area contributed by atoms with Crippen molar-refractivity contribution >= 4 is 17.6 Å². The zero-order chi connectivity index (χ0) is 12.7. The van der Waals surface area contributed by atoms with Crippen LogP contribution in [0.15, 0.2) is 21.0 Å². The van der Waals surface area contributed by atoms with Crippen molar-refractivity contribution in [3.8, 4) is 0 Å². The van der Waals surface area contributed by atoms with Crippen molar-refractivity contribution in [2.75, 3.05) is 5.73 Å². The van der Waals surface area contributed by atoms with Crippen molar-refractivity contribution in [3.05, 3.63) is 22.4 Å². The Balaban J connectivity index is 1.92. The quantitative estimate of drug-likeness (QED) is 0.783. The summed E-state index contributed by atoms with van der Waals surface area (Å²) in [5.41, 5.74) is 5.51. The number of nitrogens with one attached hydrogen (secondary N) is 1. The van der Waals surface area contributed by atoms with Crippen molar-refractivity contribution in [3.63, 3.8) is 0 Å². The molecule has 3 rings (SSSR count). The molecule has 0 bridgehead atoms. The van der Waals surface area contributed by atoms with Crippen LogP contribution in [0.25, 0.3) is 0 Å². The number of anilines is 1. The highest BCUT2D eigenvalue weighted by molar-refractivity contribution is 7.99. The second-order valence-corrected chi connectivity index (χ2v) is 5.22. The highest BCUT2D eigenvalue weighted by atomic mass is 32.2. The molecule has 1 aliphatic carbocycles. The van der Waals surface area contributed by atoms with Gasteiger partial charge in [-0.05, 0) is 24.6 Å². The van der Waals surface area contributed by atoms with Gasteiger partial charge in [0.05, 0.1) is 0 Å². The topological polar surface area (TPSA) is 102 Å². The molecule has 0 spiro atoms. The van der Waals surface area contributed by atoms with Crippen LogP contribution in [-0.4, -0.2) is 24.7 Å². The summed E-state index contributed by atoms with van der Waals surface area (Å²) >= 11 is 1.30. The molecule has 2 heterocycles. The molecule has 94 valence electrons. The fraction of sp³-hybridized carbons (Fsp3) is 0.400. The molecule has 3 N–H and O–H groups in total. The number of aromatic nitrogens is 5. The fourth-order valence-corrected chi connectivity index (χ4v) is 2.37. The molecule has 0 unspecified atom stereocenters. The molecule has 0 aliphatic heterocycles. The predicted octanol–water partition coefficient (Wildman–Crippen LogP) is 0.509. The van der Waals surface area contributed by atoms with Crippen LogP contribution in [0.5, 0.6) is 0 Å². The minimum absolute atomic E-state index is 0.248. The number of hydrogen-bond donors (Lipinski definition) is 2. The van der Waals surface area contributed by atoms with Gasteiger partial charge in [0.15, 0.2) is 5.16 Å². The molecule has 0 atom stereocenters. The molecule has 0 saturated heterocycles. The molecule has 1 fully saturated rings. The number of aromatic amines is 1. The molecular weight excluding hydrogens is 252 g/mol. The van der Waals surface area contributed by atoms with E-state index >= 15 is 0 Å². The van der Waals surface area contributed by atoms with E-state index in [0.29, 0.717) is 21.9 Å². The molecule has 1 aliphatic rings. The predicted molar refractivity (Wildman–Crippen MR) is 66.4 cm³/mol. The molecule has 8 heteroatoms. The average molecular weight is 264 g/mol. The molecule has 2 aromatic rings. The van der Waals surface area contributed by atoms with Gasteiger partial charge in [-0.25, -0.2) is 19.9 Å². The van der Waals surface area contributed by atoms with E-state index in [1.165, 1.54) is 16.3 Å². The van der Waals surface area contributed by atoms with Crippen LogP contribution in [0, 0.1) is 0 Å². The second kappa shape index (κ2) is 4.13. The number of H-pyrrole nitrogens is 1. The monoisotopic (exact) mass is 264 g/mol. The fourth-order valence-electron chi connectivity index (χ4n) is 1.55. The zero-order valence-electron chi connectivity index (χ0n) is 9.75. The van der Waals surface area contributed by atoms with Gasteiger partial charge in [-0.15, -0.1) is 5.10 Å². The van der Waals surface area contributed by atoms with E-state index in [2.05, 4.69) is 20.2 Å². The van der Waals surface area contributed by atoms with Crippen LogP contribution in [-0.2, 0) is 7.05 Å². The molecule has 18 heavy (non-hydrogen) atoms. The summed E-state index contributed by atoms with van der Waals surface area (Å²) in [5, 5.41) is 7.57. The third-order valence-corrected chi connectivity index (χ3v) is 3.68. The SMILES string of the molecule is Cn1c(Sc2cc(N)nc(C3CC3)n2)n[nH]c1=O. The van der Waals surface area contributed by atoms with Gasteiger partial charge in [-0.2, -0.15) is 0 Å². The minimum Gasteiger partial charge on any atom is -0.384 e. The number of hydrogen-bond acceptors (Lipinski definition) is 6. The van der Waals surface area contributed by atoms with Crippen molar-refractivity contribution in [1.29, 1.82) is 0 Å². The molecule has 7 nitrogen and oxygen atoms in total. The van der Waals surface area contributed by atoms with E-state index in [-0.39, 0.29) is 5.69 Å². The largest absolute Gasteiger partial charge is 0.384 e. The van der Waals surface area contributed by atoms with Crippen LogP contribution in [0.3, 0.4) is 0 Å². The van der Waals surface area contributed by atoms with Gasteiger partial charge in [0.25, 0.3) is 0 Å². The number of rotatable bonds is 3. The molecular formula is C10H12N6OS. The lowest BCUT2D eigenvalue weighted by atomic mass is 10.4. The van der Waals surface area contributed by atoms with E-state index in [1.807, 2.05) is 0 Å². The van der Waals surface area contributed by atoms with Gasteiger partial charge in [-0.1, -0.05) is 0 Å². The summed E-state index contributed by atoms with van der Waals surface area (Å²) in [7, 11) is 1.65. The normalized spacial score (nSPS) is 14.9. The highest BCUT2D eigenvalue weighted by Crippen LogP contribution is 2.39. The highest BCUT2D eigenvalue weighted by Gasteiger charge is 2.27. The lowest BCUT2D eigenvalue weighted by molar-refractivity contribution is 0.763. The van der Waals surface area contributed by atoms with Crippen LogP contribution in [0.1, 0.15) is 24.6 Å². The molecule has 2 aromatic heterocycles. The van der Waals surface area contributed by atoms with Crippen LogP contribution < -0.4 is 11.4 Å². The van der Waals surface area contributed by atoms with E-state index in [9.17, 15) is 4.79 Å². The number of nitrogen functional groups attached to an aromatic ring is 1. The van der Waals surface area contributed by atoms with Crippen molar-refractivity contribution < 1.29 is 0 Å². The molecule has 1 saturated carbocycles. The van der Waals surface area contributed by atoms with Crippen molar-refractivity contribution in [2.24, 2.45) is 7.05 Å². The summed E-state index contributed by atoms with van der Waals surface area (Å²) in [6, 6.07) is 1.69. The van der Waals surface area contributed by atoms with Crippen molar-refractivity contribution in [2.45, 2.75) is 28.9 Å². The molecule has 0 aromatic carbocycles. The van der Waals surface area contributed by atoms with Gasteiger partial charge in [-0.3, -0.25) is 4.57 Å². The Bertz CT molecular complexity index is 644. The maximum absolute atomic E-state index is 11.3. The Labute approximate surface area is 107 Å². The minimum atomic E-state index is -0.248. The summed E-state index contributed by atoms with van der Waals surface area (Å²) < 4.78 is 1.43.